The summed E-state index contributed by atoms with van der Waals surface area (Å²) < 4.78 is 0. The van der Waals surface area contributed by atoms with E-state index in [0.717, 1.165) is 0 Å². The number of benzene rings is 1. The number of hydroxylamine groups is 1. The molecule has 0 saturated carbocycles. The first kappa shape index (κ1) is 14.4. The average molecular weight is 279 g/mol. The minimum absolute atomic E-state index is 0.0776. The topological polar surface area (TPSA) is 38.3 Å². The van der Waals surface area contributed by atoms with E-state index in [1.165, 1.54) is 35.3 Å². The summed E-state index contributed by atoms with van der Waals surface area (Å²) in [7, 11) is 0. The molecule has 104 valence electrons. The first-order valence-electron chi connectivity index (χ1n) is 6.80. The molecule has 0 aromatic heterocycles. The summed E-state index contributed by atoms with van der Waals surface area (Å²) in [4.78, 5) is 17.8. The molecule has 1 aromatic carbocycles. The zero-order valence-corrected chi connectivity index (χ0v) is 12.4. The Kier molecular flexibility index (Phi) is 5.28. The van der Waals surface area contributed by atoms with Crippen LogP contribution in [0.1, 0.15) is 31.4 Å². The third kappa shape index (κ3) is 4.55. The van der Waals surface area contributed by atoms with Crippen molar-refractivity contribution in [3.63, 3.8) is 0 Å². The monoisotopic (exact) mass is 279 g/mol. The maximum absolute atomic E-state index is 11.6. The summed E-state index contributed by atoms with van der Waals surface area (Å²) >= 11 is 1.56. The van der Waals surface area contributed by atoms with Crippen molar-refractivity contribution in [3.05, 3.63) is 29.3 Å². The molecule has 4 heteroatoms. The van der Waals surface area contributed by atoms with Gasteiger partial charge in [-0.25, -0.2) is 5.48 Å². The summed E-state index contributed by atoms with van der Waals surface area (Å²) in [5.41, 5.74) is 5.39. The fourth-order valence-corrected chi connectivity index (χ4v) is 2.85. The number of fused-ring (bicyclic) bond motifs is 1. The maximum Gasteiger partial charge on any atom is 0.253 e. The molecular formula is C15H21NO2S. The highest BCUT2D eigenvalue weighted by atomic mass is 32.2. The standard InChI is InChI=1S/C15H21NO2S/c1-11(2)9-18-16-15(17)10-19-14-7-6-12-4-3-5-13(12)8-14/h6-8,11H,3-5,9-10H2,1-2H3,(H,16,17). The molecule has 1 N–H and O–H groups in total. The highest BCUT2D eigenvalue weighted by Crippen LogP contribution is 2.27. The van der Waals surface area contributed by atoms with Crippen molar-refractivity contribution in [2.24, 2.45) is 5.92 Å². The van der Waals surface area contributed by atoms with Crippen LogP contribution in [0.5, 0.6) is 0 Å². The highest BCUT2D eigenvalue weighted by molar-refractivity contribution is 8.00. The summed E-state index contributed by atoms with van der Waals surface area (Å²) in [5.74, 6) is 0.743. The number of amides is 1. The van der Waals surface area contributed by atoms with Crippen molar-refractivity contribution in [2.45, 2.75) is 38.0 Å². The summed E-state index contributed by atoms with van der Waals surface area (Å²) in [6.07, 6.45) is 3.63. The average Bonchev–Trinajstić information content (AvgIpc) is 2.83. The zero-order valence-electron chi connectivity index (χ0n) is 11.6. The van der Waals surface area contributed by atoms with Gasteiger partial charge in [0.05, 0.1) is 12.4 Å². The molecule has 0 aliphatic heterocycles. The van der Waals surface area contributed by atoms with Gasteiger partial charge in [-0.1, -0.05) is 19.9 Å². The molecule has 19 heavy (non-hydrogen) atoms. The Bertz CT molecular complexity index is 446. The van der Waals surface area contributed by atoms with E-state index in [1.807, 2.05) is 13.8 Å². The Morgan fingerprint density at radius 2 is 2.16 bits per heavy atom. The van der Waals surface area contributed by atoms with Gasteiger partial charge in [0.25, 0.3) is 5.91 Å². The highest BCUT2D eigenvalue weighted by Gasteiger charge is 2.11. The molecule has 1 amide bonds. The van der Waals surface area contributed by atoms with Gasteiger partial charge in [0.1, 0.15) is 0 Å². The Hall–Kier alpha value is -1.00. The van der Waals surface area contributed by atoms with Gasteiger partial charge in [-0.15, -0.1) is 11.8 Å². The Morgan fingerprint density at radius 3 is 2.95 bits per heavy atom. The molecule has 0 atom stereocenters. The number of aryl methyl sites for hydroxylation is 2. The molecule has 3 nitrogen and oxygen atoms in total. The molecule has 0 radical (unpaired) electrons. The Morgan fingerprint density at radius 1 is 1.37 bits per heavy atom. The van der Waals surface area contributed by atoms with E-state index in [2.05, 4.69) is 23.7 Å². The Labute approximate surface area is 119 Å². The molecule has 0 heterocycles. The summed E-state index contributed by atoms with van der Waals surface area (Å²) in [6, 6.07) is 6.52. The number of nitrogens with one attached hydrogen (secondary N) is 1. The van der Waals surface area contributed by atoms with Crippen molar-refractivity contribution in [2.75, 3.05) is 12.4 Å². The molecule has 0 spiro atoms. The lowest BCUT2D eigenvalue weighted by atomic mass is 10.1. The number of carbonyl (C=O) groups is 1. The first-order valence-corrected chi connectivity index (χ1v) is 7.79. The van der Waals surface area contributed by atoms with E-state index in [9.17, 15) is 4.79 Å². The van der Waals surface area contributed by atoms with Crippen LogP contribution < -0.4 is 5.48 Å². The predicted molar refractivity (Wildman–Crippen MR) is 78.1 cm³/mol. The molecule has 1 aliphatic carbocycles. The lowest BCUT2D eigenvalue weighted by Crippen LogP contribution is -2.27. The second-order valence-corrected chi connectivity index (χ2v) is 6.35. The Balaban J connectivity index is 1.74. The summed E-state index contributed by atoms with van der Waals surface area (Å²) in [6.45, 7) is 4.64. The maximum atomic E-state index is 11.6. The van der Waals surface area contributed by atoms with Crippen LogP contribution >= 0.6 is 11.8 Å². The van der Waals surface area contributed by atoms with Crippen LogP contribution in [-0.4, -0.2) is 18.3 Å². The number of thioether (sulfide) groups is 1. The van der Waals surface area contributed by atoms with Crippen molar-refractivity contribution in [1.29, 1.82) is 0 Å². The number of carbonyl (C=O) groups excluding carboxylic acids is 1. The molecule has 0 bridgehead atoms. The van der Waals surface area contributed by atoms with Crippen LogP contribution in [-0.2, 0) is 22.5 Å². The van der Waals surface area contributed by atoms with Crippen LogP contribution in [0, 0.1) is 5.92 Å². The van der Waals surface area contributed by atoms with E-state index >= 15 is 0 Å². The third-order valence-corrected chi connectivity index (χ3v) is 4.04. The second-order valence-electron chi connectivity index (χ2n) is 5.30. The van der Waals surface area contributed by atoms with Crippen molar-refractivity contribution < 1.29 is 9.63 Å². The molecule has 0 fully saturated rings. The van der Waals surface area contributed by atoms with Gasteiger partial charge in [-0.3, -0.25) is 9.63 Å². The van der Waals surface area contributed by atoms with E-state index in [-0.39, 0.29) is 5.91 Å². The third-order valence-electron chi connectivity index (χ3n) is 3.04. The predicted octanol–water partition coefficient (Wildman–Crippen LogP) is 2.97. The normalized spacial score (nSPS) is 13.6. The largest absolute Gasteiger partial charge is 0.273 e. The fraction of sp³-hybridized carbons (Fsp3) is 0.533. The quantitative estimate of drug-likeness (QED) is 0.642. The number of hydrogen-bond acceptors (Lipinski definition) is 3. The molecule has 1 aliphatic rings. The molecule has 0 unspecified atom stereocenters. The van der Waals surface area contributed by atoms with Crippen LogP contribution in [0.4, 0.5) is 0 Å². The van der Waals surface area contributed by atoms with Gasteiger partial charge in [0.15, 0.2) is 0 Å². The lowest BCUT2D eigenvalue weighted by Gasteiger charge is -2.08. The van der Waals surface area contributed by atoms with Gasteiger partial charge in [0.2, 0.25) is 0 Å². The second kappa shape index (κ2) is 6.96. The van der Waals surface area contributed by atoms with Crippen molar-refractivity contribution in [1.82, 2.24) is 5.48 Å². The summed E-state index contributed by atoms with van der Waals surface area (Å²) in [5, 5.41) is 0. The van der Waals surface area contributed by atoms with E-state index < -0.39 is 0 Å². The van der Waals surface area contributed by atoms with E-state index in [0.29, 0.717) is 18.3 Å². The zero-order chi connectivity index (χ0) is 13.7. The lowest BCUT2D eigenvalue weighted by molar-refractivity contribution is -0.131. The minimum Gasteiger partial charge on any atom is -0.273 e. The van der Waals surface area contributed by atoms with Gasteiger partial charge < -0.3 is 0 Å². The fourth-order valence-electron chi connectivity index (χ4n) is 2.11. The van der Waals surface area contributed by atoms with Gasteiger partial charge in [0, 0.05) is 4.90 Å². The van der Waals surface area contributed by atoms with Gasteiger partial charge >= 0.3 is 0 Å². The molecule has 2 rings (SSSR count). The number of hydrogen-bond donors (Lipinski definition) is 1. The minimum atomic E-state index is -0.0776. The smallest absolute Gasteiger partial charge is 0.253 e. The molecular weight excluding hydrogens is 258 g/mol. The molecule has 0 saturated heterocycles. The SMILES string of the molecule is CC(C)CONC(=O)CSc1ccc2c(c1)CCC2. The van der Waals surface area contributed by atoms with Crippen molar-refractivity contribution >= 4 is 17.7 Å². The van der Waals surface area contributed by atoms with Crippen molar-refractivity contribution in [3.8, 4) is 0 Å². The van der Waals surface area contributed by atoms with Gasteiger partial charge in [-0.2, -0.15) is 0 Å². The van der Waals surface area contributed by atoms with Crippen LogP contribution in [0.2, 0.25) is 0 Å². The number of rotatable bonds is 6. The van der Waals surface area contributed by atoms with E-state index in [4.69, 9.17) is 4.84 Å². The molecule has 1 aromatic rings. The van der Waals surface area contributed by atoms with Gasteiger partial charge in [-0.05, 0) is 48.4 Å². The van der Waals surface area contributed by atoms with Crippen LogP contribution in [0.25, 0.3) is 0 Å². The first-order chi connectivity index (χ1) is 9.15. The van der Waals surface area contributed by atoms with Crippen LogP contribution in [0.3, 0.4) is 0 Å². The van der Waals surface area contributed by atoms with E-state index in [1.54, 1.807) is 11.8 Å². The van der Waals surface area contributed by atoms with Crippen LogP contribution in [0.15, 0.2) is 23.1 Å².